The minimum Gasteiger partial charge on any atom is -0.469 e. The monoisotopic (exact) mass is 234 g/mol. The number of methoxy groups -OCH3 is 1. The molecule has 5 heteroatoms. The van der Waals surface area contributed by atoms with Crippen molar-refractivity contribution in [2.24, 2.45) is 5.92 Å². The van der Waals surface area contributed by atoms with Crippen LogP contribution in [0, 0.1) is 5.92 Å². The first-order valence-electron chi connectivity index (χ1n) is 5.36. The zero-order valence-electron chi connectivity index (χ0n) is 9.55. The van der Waals surface area contributed by atoms with E-state index in [1.165, 1.54) is 12.0 Å². The number of benzene rings is 1. The molecule has 1 aliphatic rings. The molecular formula is C12H14N2O3. The number of hydrogen-bond donors (Lipinski definition) is 1. The molecule has 1 saturated heterocycles. The van der Waals surface area contributed by atoms with Gasteiger partial charge in [0.25, 0.3) is 0 Å². The van der Waals surface area contributed by atoms with Gasteiger partial charge in [-0.3, -0.25) is 9.59 Å². The van der Waals surface area contributed by atoms with E-state index < -0.39 is 5.92 Å². The molecule has 1 atom stereocenters. The summed E-state index contributed by atoms with van der Waals surface area (Å²) < 4.78 is 4.65. The van der Waals surface area contributed by atoms with Gasteiger partial charge in [0.05, 0.1) is 24.4 Å². The topological polar surface area (TPSA) is 72.6 Å². The Morgan fingerprint density at radius 2 is 2.18 bits per heavy atom. The van der Waals surface area contributed by atoms with Gasteiger partial charge in [0.15, 0.2) is 0 Å². The summed E-state index contributed by atoms with van der Waals surface area (Å²) in [4.78, 5) is 24.7. The Hall–Kier alpha value is -2.04. The van der Waals surface area contributed by atoms with E-state index in [-0.39, 0.29) is 18.3 Å². The van der Waals surface area contributed by atoms with Gasteiger partial charge in [-0.25, -0.2) is 0 Å². The van der Waals surface area contributed by atoms with Crippen LogP contribution in [0.15, 0.2) is 24.3 Å². The van der Waals surface area contributed by atoms with E-state index in [1.807, 2.05) is 6.07 Å². The van der Waals surface area contributed by atoms with Gasteiger partial charge in [-0.1, -0.05) is 12.1 Å². The third kappa shape index (κ3) is 2.08. The van der Waals surface area contributed by atoms with Gasteiger partial charge in [-0.05, 0) is 12.1 Å². The minimum absolute atomic E-state index is 0.0988. The first-order valence-corrected chi connectivity index (χ1v) is 5.36. The summed E-state index contributed by atoms with van der Waals surface area (Å²) in [5.74, 6) is -0.847. The summed E-state index contributed by atoms with van der Waals surface area (Å²) in [5, 5.41) is 0. The summed E-state index contributed by atoms with van der Waals surface area (Å²) in [6, 6.07) is 7.11. The van der Waals surface area contributed by atoms with Crippen molar-refractivity contribution in [2.75, 3.05) is 24.3 Å². The van der Waals surface area contributed by atoms with Crippen LogP contribution in [0.3, 0.4) is 0 Å². The Morgan fingerprint density at radius 3 is 2.82 bits per heavy atom. The Balaban J connectivity index is 2.22. The molecule has 1 unspecified atom stereocenters. The zero-order chi connectivity index (χ0) is 12.4. The number of hydrogen-bond acceptors (Lipinski definition) is 4. The number of anilines is 2. The lowest BCUT2D eigenvalue weighted by Gasteiger charge is -2.18. The van der Waals surface area contributed by atoms with Crippen molar-refractivity contribution in [3.8, 4) is 0 Å². The predicted molar refractivity (Wildman–Crippen MR) is 63.3 cm³/mol. The maximum atomic E-state index is 11.8. The highest BCUT2D eigenvalue weighted by molar-refractivity contribution is 6.01. The summed E-state index contributed by atoms with van der Waals surface area (Å²) >= 11 is 0. The lowest BCUT2D eigenvalue weighted by molar-refractivity contribution is -0.145. The predicted octanol–water partition coefficient (Wildman–Crippen LogP) is 0.795. The zero-order valence-corrected chi connectivity index (χ0v) is 9.55. The number of nitrogens with zero attached hydrogens (tertiary/aromatic N) is 1. The number of carbonyl (C=O) groups is 2. The Labute approximate surface area is 99.2 Å². The van der Waals surface area contributed by atoms with Gasteiger partial charge < -0.3 is 15.4 Å². The van der Waals surface area contributed by atoms with Gasteiger partial charge >= 0.3 is 5.97 Å². The lowest BCUT2D eigenvalue weighted by atomic mass is 10.1. The van der Waals surface area contributed by atoms with Crippen LogP contribution in [0.2, 0.25) is 0 Å². The molecule has 0 bridgehead atoms. The Bertz CT molecular complexity index is 459. The van der Waals surface area contributed by atoms with Crippen molar-refractivity contribution < 1.29 is 14.3 Å². The lowest BCUT2D eigenvalue weighted by Crippen LogP contribution is -2.26. The summed E-state index contributed by atoms with van der Waals surface area (Å²) in [6.45, 7) is 0.333. The van der Waals surface area contributed by atoms with Crippen LogP contribution in [0.25, 0.3) is 0 Å². The number of ether oxygens (including phenoxy) is 1. The quantitative estimate of drug-likeness (QED) is 0.606. The molecule has 2 rings (SSSR count). The highest BCUT2D eigenvalue weighted by atomic mass is 16.5. The molecular weight excluding hydrogens is 220 g/mol. The van der Waals surface area contributed by atoms with Gasteiger partial charge in [0.2, 0.25) is 5.91 Å². The van der Waals surface area contributed by atoms with Crippen LogP contribution in [-0.2, 0) is 14.3 Å². The maximum Gasteiger partial charge on any atom is 0.311 e. The molecule has 1 heterocycles. The van der Waals surface area contributed by atoms with Crippen LogP contribution in [0.4, 0.5) is 11.4 Å². The average Bonchev–Trinajstić information content (AvgIpc) is 2.71. The van der Waals surface area contributed by atoms with Crippen molar-refractivity contribution in [1.29, 1.82) is 0 Å². The number of nitrogen functional groups attached to an aromatic ring is 1. The fourth-order valence-electron chi connectivity index (χ4n) is 2.00. The number of para-hydroxylation sites is 2. The number of nitrogens with two attached hydrogens (primary N) is 1. The normalized spacial score (nSPS) is 19.5. The minimum atomic E-state index is -0.396. The van der Waals surface area contributed by atoms with E-state index in [2.05, 4.69) is 4.74 Å². The third-order valence-corrected chi connectivity index (χ3v) is 2.89. The smallest absolute Gasteiger partial charge is 0.311 e. The summed E-state index contributed by atoms with van der Waals surface area (Å²) in [6.07, 6.45) is 0.182. The van der Waals surface area contributed by atoms with Crippen LogP contribution >= 0.6 is 0 Å². The van der Waals surface area contributed by atoms with E-state index in [1.54, 1.807) is 18.2 Å². The first-order chi connectivity index (χ1) is 8.13. The van der Waals surface area contributed by atoms with Crippen molar-refractivity contribution in [1.82, 2.24) is 0 Å². The molecule has 1 amide bonds. The number of rotatable bonds is 2. The number of carbonyl (C=O) groups excluding carboxylic acids is 2. The van der Waals surface area contributed by atoms with Gasteiger partial charge in [-0.15, -0.1) is 0 Å². The van der Waals surface area contributed by atoms with Crippen molar-refractivity contribution >= 4 is 23.3 Å². The van der Waals surface area contributed by atoms with Crippen molar-refractivity contribution in [2.45, 2.75) is 6.42 Å². The molecule has 1 aliphatic heterocycles. The molecule has 1 aromatic carbocycles. The molecule has 0 aromatic heterocycles. The number of esters is 1. The Morgan fingerprint density at radius 1 is 1.47 bits per heavy atom. The van der Waals surface area contributed by atoms with Crippen LogP contribution in [0.5, 0.6) is 0 Å². The second-order valence-electron chi connectivity index (χ2n) is 3.99. The van der Waals surface area contributed by atoms with E-state index >= 15 is 0 Å². The highest BCUT2D eigenvalue weighted by Gasteiger charge is 2.36. The molecule has 1 aromatic rings. The standard InChI is InChI=1S/C12H14N2O3/c1-17-12(16)8-6-11(15)14(7-8)10-5-3-2-4-9(10)13/h2-5,8H,6-7,13H2,1H3. The Kier molecular flexibility index (Phi) is 2.99. The fraction of sp³-hybridized carbons (Fsp3) is 0.333. The number of amides is 1. The first kappa shape index (κ1) is 11.4. The van der Waals surface area contributed by atoms with E-state index in [4.69, 9.17) is 5.73 Å². The SMILES string of the molecule is COC(=O)C1CC(=O)N(c2ccccc2N)C1. The molecule has 0 radical (unpaired) electrons. The molecule has 0 aliphatic carbocycles. The molecule has 0 saturated carbocycles. The second-order valence-corrected chi connectivity index (χ2v) is 3.99. The summed E-state index contributed by atoms with van der Waals surface area (Å²) in [5.41, 5.74) is 7.00. The van der Waals surface area contributed by atoms with Crippen molar-refractivity contribution in [3.63, 3.8) is 0 Å². The van der Waals surface area contributed by atoms with Crippen LogP contribution < -0.4 is 10.6 Å². The molecule has 1 fully saturated rings. The largest absolute Gasteiger partial charge is 0.469 e. The van der Waals surface area contributed by atoms with Gasteiger partial charge in [0, 0.05) is 13.0 Å². The molecule has 0 spiro atoms. The maximum absolute atomic E-state index is 11.8. The van der Waals surface area contributed by atoms with Crippen LogP contribution in [0.1, 0.15) is 6.42 Å². The third-order valence-electron chi connectivity index (χ3n) is 2.89. The highest BCUT2D eigenvalue weighted by Crippen LogP contribution is 2.29. The van der Waals surface area contributed by atoms with Gasteiger partial charge in [-0.2, -0.15) is 0 Å². The fourth-order valence-corrected chi connectivity index (χ4v) is 2.00. The molecule has 90 valence electrons. The summed E-state index contributed by atoms with van der Waals surface area (Å²) in [7, 11) is 1.33. The van der Waals surface area contributed by atoms with Crippen molar-refractivity contribution in [3.05, 3.63) is 24.3 Å². The molecule has 2 N–H and O–H groups in total. The van der Waals surface area contributed by atoms with Crippen LogP contribution in [-0.4, -0.2) is 25.5 Å². The van der Waals surface area contributed by atoms with Gasteiger partial charge in [0.1, 0.15) is 0 Å². The molecule has 5 nitrogen and oxygen atoms in total. The second kappa shape index (κ2) is 4.45. The van der Waals surface area contributed by atoms with E-state index in [0.29, 0.717) is 17.9 Å². The molecule has 17 heavy (non-hydrogen) atoms. The average molecular weight is 234 g/mol. The van der Waals surface area contributed by atoms with E-state index in [9.17, 15) is 9.59 Å². The van der Waals surface area contributed by atoms with E-state index in [0.717, 1.165) is 0 Å².